The van der Waals surface area contributed by atoms with Gasteiger partial charge in [0, 0.05) is 43.2 Å². The van der Waals surface area contributed by atoms with Crippen LogP contribution in [-0.2, 0) is 19.5 Å². The second-order valence-corrected chi connectivity index (χ2v) is 10.4. The third-order valence-corrected chi connectivity index (χ3v) is 8.03. The van der Waals surface area contributed by atoms with Crippen molar-refractivity contribution in [3.63, 3.8) is 0 Å². The van der Waals surface area contributed by atoms with Gasteiger partial charge in [0.1, 0.15) is 0 Å². The minimum Gasteiger partial charge on any atom is -0.366 e. The van der Waals surface area contributed by atoms with Crippen LogP contribution in [0.5, 0.6) is 0 Å². The van der Waals surface area contributed by atoms with E-state index in [4.69, 9.17) is 4.98 Å². The number of benzene rings is 4. The second kappa shape index (κ2) is 9.40. The fourth-order valence-corrected chi connectivity index (χ4v) is 6.16. The van der Waals surface area contributed by atoms with Gasteiger partial charge in [-0.3, -0.25) is 4.98 Å². The van der Waals surface area contributed by atoms with Crippen LogP contribution in [0.4, 0.5) is 11.4 Å². The van der Waals surface area contributed by atoms with E-state index in [0.29, 0.717) is 6.04 Å². The molecule has 1 aromatic heterocycles. The highest BCUT2D eigenvalue weighted by Gasteiger charge is 2.31. The maximum Gasteiger partial charge on any atom is 0.0705 e. The van der Waals surface area contributed by atoms with Gasteiger partial charge in [0.15, 0.2) is 0 Å². The largest absolute Gasteiger partial charge is 0.366 e. The standard InChI is InChI=1S/C34H31N3/c1-2-9-26(10-3-1)27-18-16-25(17-19-27)23-36-24-29-21-28-11-4-5-13-31(28)35-32(29)22-30-12-8-20-37(30)34-15-7-6-14-33(34)36/h1-7,9-11,13-19,21,30H,8,12,20,22-24H2. The molecular formula is C34H31N3. The van der Waals surface area contributed by atoms with Gasteiger partial charge in [-0.25, -0.2) is 0 Å². The number of fused-ring (bicyclic) bond motifs is 5. The molecule has 37 heavy (non-hydrogen) atoms. The molecule has 2 aliphatic heterocycles. The molecule has 1 atom stereocenters. The highest BCUT2D eigenvalue weighted by Crippen LogP contribution is 2.39. The van der Waals surface area contributed by atoms with Crippen molar-refractivity contribution in [3.05, 3.63) is 126 Å². The number of rotatable bonds is 3. The van der Waals surface area contributed by atoms with Crippen LogP contribution in [0.3, 0.4) is 0 Å². The Kier molecular flexibility index (Phi) is 5.62. The predicted molar refractivity (Wildman–Crippen MR) is 154 cm³/mol. The van der Waals surface area contributed by atoms with Crippen LogP contribution >= 0.6 is 0 Å². The number of hydrogen-bond acceptors (Lipinski definition) is 3. The van der Waals surface area contributed by atoms with Crippen LogP contribution in [0.25, 0.3) is 22.0 Å². The van der Waals surface area contributed by atoms with E-state index in [0.717, 1.165) is 31.6 Å². The quantitative estimate of drug-likeness (QED) is 0.264. The highest BCUT2D eigenvalue weighted by atomic mass is 15.2. The first-order valence-corrected chi connectivity index (χ1v) is 13.4. The van der Waals surface area contributed by atoms with Gasteiger partial charge in [0.05, 0.1) is 16.9 Å². The van der Waals surface area contributed by atoms with Gasteiger partial charge in [-0.15, -0.1) is 0 Å². The molecule has 3 heteroatoms. The average Bonchev–Trinajstić information content (AvgIpc) is 3.42. The van der Waals surface area contributed by atoms with Crippen molar-refractivity contribution in [1.29, 1.82) is 0 Å². The van der Waals surface area contributed by atoms with E-state index in [1.54, 1.807) is 0 Å². The van der Waals surface area contributed by atoms with E-state index >= 15 is 0 Å². The van der Waals surface area contributed by atoms with E-state index in [2.05, 4.69) is 119 Å². The molecule has 0 amide bonds. The molecule has 5 aromatic rings. The number of anilines is 2. The summed E-state index contributed by atoms with van der Waals surface area (Å²) in [6.07, 6.45) is 3.47. The molecule has 0 bridgehead atoms. The first-order chi connectivity index (χ1) is 18.3. The Labute approximate surface area is 219 Å². The minimum absolute atomic E-state index is 0.499. The van der Waals surface area contributed by atoms with Crippen LogP contribution in [0.2, 0.25) is 0 Å². The van der Waals surface area contributed by atoms with E-state index in [-0.39, 0.29) is 0 Å². The smallest absolute Gasteiger partial charge is 0.0705 e. The van der Waals surface area contributed by atoms with Crippen LogP contribution < -0.4 is 9.80 Å². The van der Waals surface area contributed by atoms with Crippen molar-refractivity contribution in [3.8, 4) is 11.1 Å². The Morgan fingerprint density at radius 3 is 2.32 bits per heavy atom. The number of hydrogen-bond donors (Lipinski definition) is 0. The van der Waals surface area contributed by atoms with Crippen LogP contribution in [-0.4, -0.2) is 17.6 Å². The normalized spacial score (nSPS) is 16.9. The van der Waals surface area contributed by atoms with Crippen molar-refractivity contribution in [2.45, 2.75) is 38.4 Å². The summed E-state index contributed by atoms with van der Waals surface area (Å²) in [6.45, 7) is 2.83. The lowest BCUT2D eigenvalue weighted by Gasteiger charge is -2.32. The van der Waals surface area contributed by atoms with Gasteiger partial charge < -0.3 is 9.80 Å². The number of pyridine rings is 1. The molecule has 1 unspecified atom stereocenters. The number of aromatic nitrogens is 1. The second-order valence-electron chi connectivity index (χ2n) is 10.4. The minimum atomic E-state index is 0.499. The first-order valence-electron chi connectivity index (χ1n) is 13.4. The van der Waals surface area contributed by atoms with Gasteiger partial charge >= 0.3 is 0 Å². The Morgan fingerprint density at radius 1 is 0.730 bits per heavy atom. The molecule has 0 N–H and O–H groups in total. The molecule has 1 fully saturated rings. The van der Waals surface area contributed by atoms with Gasteiger partial charge in [-0.1, -0.05) is 84.9 Å². The first kappa shape index (κ1) is 22.1. The zero-order chi connectivity index (χ0) is 24.6. The summed E-state index contributed by atoms with van der Waals surface area (Å²) in [5.74, 6) is 0. The maximum absolute atomic E-state index is 5.22. The van der Waals surface area contributed by atoms with Crippen molar-refractivity contribution >= 4 is 22.3 Å². The molecule has 0 radical (unpaired) electrons. The summed E-state index contributed by atoms with van der Waals surface area (Å²) in [4.78, 5) is 10.4. The SMILES string of the molecule is c1ccc(-c2ccc(CN3Cc4cc5ccccc5nc4CC4CCCN4c4ccccc43)cc2)cc1. The average molecular weight is 482 g/mol. The van der Waals surface area contributed by atoms with E-state index < -0.39 is 0 Å². The molecule has 1 saturated heterocycles. The molecular weight excluding hydrogens is 450 g/mol. The zero-order valence-electron chi connectivity index (χ0n) is 21.1. The van der Waals surface area contributed by atoms with Crippen LogP contribution in [0, 0.1) is 0 Å². The molecule has 3 heterocycles. The van der Waals surface area contributed by atoms with Gasteiger partial charge in [-0.05, 0) is 59.4 Å². The topological polar surface area (TPSA) is 19.4 Å². The Morgan fingerprint density at radius 2 is 1.46 bits per heavy atom. The summed E-state index contributed by atoms with van der Waals surface area (Å²) in [7, 11) is 0. The Bertz CT molecular complexity index is 1540. The van der Waals surface area contributed by atoms with Crippen LogP contribution in [0.1, 0.15) is 29.7 Å². The lowest BCUT2D eigenvalue weighted by atomic mass is 10.0. The molecule has 182 valence electrons. The van der Waals surface area contributed by atoms with Crippen molar-refractivity contribution in [1.82, 2.24) is 4.98 Å². The molecule has 0 aliphatic carbocycles. The zero-order valence-corrected chi connectivity index (χ0v) is 21.1. The van der Waals surface area contributed by atoms with E-state index in [1.165, 1.54) is 57.6 Å². The van der Waals surface area contributed by atoms with Gasteiger partial charge in [0.2, 0.25) is 0 Å². The lowest BCUT2D eigenvalue weighted by Crippen LogP contribution is -2.32. The third kappa shape index (κ3) is 4.25. The van der Waals surface area contributed by atoms with Gasteiger partial charge in [0.25, 0.3) is 0 Å². The predicted octanol–water partition coefficient (Wildman–Crippen LogP) is 7.63. The molecule has 2 aliphatic rings. The fourth-order valence-electron chi connectivity index (χ4n) is 6.16. The summed E-state index contributed by atoms with van der Waals surface area (Å²) >= 11 is 0. The van der Waals surface area contributed by atoms with Gasteiger partial charge in [-0.2, -0.15) is 0 Å². The summed E-state index contributed by atoms with van der Waals surface area (Å²) in [5, 5.41) is 1.23. The molecule has 0 spiro atoms. The van der Waals surface area contributed by atoms with Crippen LogP contribution in [0.15, 0.2) is 109 Å². The Balaban J connectivity index is 1.31. The number of nitrogens with zero attached hydrogens (tertiary/aromatic N) is 3. The van der Waals surface area contributed by atoms with Crippen molar-refractivity contribution in [2.75, 3.05) is 16.3 Å². The van der Waals surface area contributed by atoms with E-state index in [1.807, 2.05) is 0 Å². The number of para-hydroxylation sites is 3. The highest BCUT2D eigenvalue weighted by molar-refractivity contribution is 5.80. The summed E-state index contributed by atoms with van der Waals surface area (Å²) in [5.41, 5.74) is 10.2. The fraction of sp³-hybridized carbons (Fsp3) is 0.206. The summed E-state index contributed by atoms with van der Waals surface area (Å²) < 4.78 is 0. The molecule has 7 rings (SSSR count). The maximum atomic E-state index is 5.22. The Hall–Kier alpha value is -4.11. The molecule has 3 nitrogen and oxygen atoms in total. The van der Waals surface area contributed by atoms with E-state index in [9.17, 15) is 0 Å². The lowest BCUT2D eigenvalue weighted by molar-refractivity contribution is 0.653. The van der Waals surface area contributed by atoms with Crippen molar-refractivity contribution < 1.29 is 0 Å². The molecule has 0 saturated carbocycles. The molecule has 4 aromatic carbocycles. The van der Waals surface area contributed by atoms with Crippen molar-refractivity contribution in [2.24, 2.45) is 0 Å². The summed E-state index contributed by atoms with van der Waals surface area (Å²) in [6, 6.07) is 40.2. The monoisotopic (exact) mass is 481 g/mol. The third-order valence-electron chi connectivity index (χ3n) is 8.03.